The molecule has 0 aliphatic carbocycles. The third-order valence-corrected chi connectivity index (χ3v) is 4.22. The predicted octanol–water partition coefficient (Wildman–Crippen LogP) is 3.47. The highest BCUT2D eigenvalue weighted by molar-refractivity contribution is 9.10. The summed E-state index contributed by atoms with van der Waals surface area (Å²) < 4.78 is 8.07. The van der Waals surface area contributed by atoms with Crippen molar-refractivity contribution in [2.75, 3.05) is 6.61 Å². The molecule has 2 N–H and O–H groups in total. The van der Waals surface area contributed by atoms with Gasteiger partial charge in [0.25, 0.3) is 5.91 Å². The lowest BCUT2D eigenvalue weighted by Gasteiger charge is -2.07. The minimum absolute atomic E-state index is 0.161. The average molecular weight is 442 g/mol. The number of nitrogens with zero attached hydrogens (tertiary/aromatic N) is 2. The van der Waals surface area contributed by atoms with Crippen LogP contribution in [0.4, 0.5) is 0 Å². The smallest absolute Gasteiger partial charge is 0.335 e. The minimum Gasteiger partial charge on any atom is -0.484 e. The Balaban J connectivity index is 1.58. The van der Waals surface area contributed by atoms with Crippen LogP contribution >= 0.6 is 15.9 Å². The van der Waals surface area contributed by atoms with E-state index >= 15 is 0 Å². The normalized spacial score (nSPS) is 10.8. The molecular formula is C20H16BrN3O4. The second kappa shape index (κ2) is 9.01. The quantitative estimate of drug-likeness (QED) is 0.433. The standard InChI is InChI=1S/C20H16BrN3O4/c21-15-3-1-5-18(11-15)28-13-19(25)23-22-12-17-4-2-10-24(17)16-8-6-14(7-9-16)20(26)27/h1-12H,13H2,(H,23,25)(H,26,27)/b22-12+. The van der Waals surface area contributed by atoms with Gasteiger partial charge in [0.1, 0.15) is 5.75 Å². The number of amides is 1. The van der Waals surface area contributed by atoms with Gasteiger partial charge in [-0.15, -0.1) is 0 Å². The van der Waals surface area contributed by atoms with Gasteiger partial charge in [-0.25, -0.2) is 10.2 Å². The Hall–Kier alpha value is -3.39. The Morgan fingerprint density at radius 1 is 1.14 bits per heavy atom. The van der Waals surface area contributed by atoms with Crippen LogP contribution in [0.5, 0.6) is 5.75 Å². The number of benzene rings is 2. The number of hydrogen-bond donors (Lipinski definition) is 2. The average Bonchev–Trinajstić information content (AvgIpc) is 3.15. The number of rotatable bonds is 7. The summed E-state index contributed by atoms with van der Waals surface area (Å²) in [5.41, 5.74) is 4.12. The van der Waals surface area contributed by atoms with E-state index in [1.165, 1.54) is 18.3 Å². The van der Waals surface area contributed by atoms with Crippen molar-refractivity contribution in [3.63, 3.8) is 0 Å². The Morgan fingerprint density at radius 2 is 1.93 bits per heavy atom. The number of carboxylic acids is 1. The van der Waals surface area contributed by atoms with Crippen molar-refractivity contribution >= 4 is 34.0 Å². The van der Waals surface area contributed by atoms with Gasteiger partial charge in [0, 0.05) is 16.4 Å². The van der Waals surface area contributed by atoms with Crippen molar-refractivity contribution in [3.8, 4) is 11.4 Å². The lowest BCUT2D eigenvalue weighted by Crippen LogP contribution is -2.24. The summed E-state index contributed by atoms with van der Waals surface area (Å²) in [5.74, 6) is -0.791. The molecule has 0 radical (unpaired) electrons. The van der Waals surface area contributed by atoms with Crippen molar-refractivity contribution < 1.29 is 19.4 Å². The van der Waals surface area contributed by atoms with Crippen LogP contribution < -0.4 is 10.2 Å². The molecule has 1 aromatic heterocycles. The Bertz CT molecular complexity index is 1010. The maximum Gasteiger partial charge on any atom is 0.335 e. The number of hydrogen-bond acceptors (Lipinski definition) is 4. The van der Waals surface area contributed by atoms with Crippen LogP contribution in [-0.4, -0.2) is 34.4 Å². The maximum atomic E-state index is 11.9. The Kier molecular flexibility index (Phi) is 6.23. The summed E-state index contributed by atoms with van der Waals surface area (Å²) in [4.78, 5) is 22.8. The molecule has 0 saturated heterocycles. The highest BCUT2D eigenvalue weighted by atomic mass is 79.9. The van der Waals surface area contributed by atoms with Crippen LogP contribution in [0.25, 0.3) is 5.69 Å². The number of ether oxygens (including phenoxy) is 1. The van der Waals surface area contributed by atoms with E-state index in [4.69, 9.17) is 9.84 Å². The molecule has 0 aliphatic heterocycles. The molecule has 0 aliphatic rings. The van der Waals surface area contributed by atoms with Gasteiger partial charge in [-0.2, -0.15) is 5.10 Å². The zero-order valence-electron chi connectivity index (χ0n) is 14.6. The van der Waals surface area contributed by atoms with Crippen molar-refractivity contribution in [1.29, 1.82) is 0 Å². The van der Waals surface area contributed by atoms with Crippen LogP contribution in [0, 0.1) is 0 Å². The molecule has 8 heteroatoms. The molecule has 3 rings (SSSR count). The number of aromatic nitrogens is 1. The molecule has 0 spiro atoms. The first-order chi connectivity index (χ1) is 13.5. The molecule has 0 fully saturated rings. The fraction of sp³-hybridized carbons (Fsp3) is 0.0500. The highest BCUT2D eigenvalue weighted by Crippen LogP contribution is 2.17. The topological polar surface area (TPSA) is 92.9 Å². The first-order valence-corrected chi connectivity index (χ1v) is 9.03. The molecule has 0 atom stereocenters. The number of hydrazone groups is 1. The summed E-state index contributed by atoms with van der Waals surface area (Å²) in [6, 6.07) is 17.3. The lowest BCUT2D eigenvalue weighted by atomic mass is 10.2. The monoisotopic (exact) mass is 441 g/mol. The summed E-state index contributed by atoms with van der Waals surface area (Å²) >= 11 is 3.33. The van der Waals surface area contributed by atoms with E-state index in [2.05, 4.69) is 26.5 Å². The Morgan fingerprint density at radius 3 is 2.64 bits per heavy atom. The summed E-state index contributed by atoms with van der Waals surface area (Å²) in [5, 5.41) is 12.9. The van der Waals surface area contributed by atoms with Crippen LogP contribution in [0.1, 0.15) is 16.1 Å². The van der Waals surface area contributed by atoms with Crippen molar-refractivity contribution in [2.45, 2.75) is 0 Å². The zero-order valence-corrected chi connectivity index (χ0v) is 16.2. The van der Waals surface area contributed by atoms with Gasteiger partial charge in [0.15, 0.2) is 6.61 Å². The van der Waals surface area contributed by atoms with Gasteiger partial charge in [0.2, 0.25) is 0 Å². The third-order valence-electron chi connectivity index (χ3n) is 3.72. The van der Waals surface area contributed by atoms with E-state index in [-0.39, 0.29) is 18.1 Å². The minimum atomic E-state index is -0.978. The molecular weight excluding hydrogens is 426 g/mol. The van der Waals surface area contributed by atoms with Crippen molar-refractivity contribution in [3.05, 3.63) is 82.6 Å². The number of carbonyl (C=O) groups is 2. The summed E-state index contributed by atoms with van der Waals surface area (Å²) in [6.07, 6.45) is 3.32. The maximum absolute atomic E-state index is 11.9. The highest BCUT2D eigenvalue weighted by Gasteiger charge is 2.06. The summed E-state index contributed by atoms with van der Waals surface area (Å²) in [7, 11) is 0. The van der Waals surface area contributed by atoms with E-state index in [1.807, 2.05) is 35.0 Å². The van der Waals surface area contributed by atoms with Crippen molar-refractivity contribution in [2.24, 2.45) is 5.10 Å². The van der Waals surface area contributed by atoms with E-state index in [0.717, 1.165) is 15.9 Å². The fourth-order valence-electron chi connectivity index (χ4n) is 2.41. The predicted molar refractivity (Wildman–Crippen MR) is 108 cm³/mol. The molecule has 142 valence electrons. The van der Waals surface area contributed by atoms with Gasteiger partial charge in [-0.05, 0) is 54.6 Å². The van der Waals surface area contributed by atoms with E-state index in [1.54, 1.807) is 24.3 Å². The molecule has 0 unspecified atom stereocenters. The number of nitrogens with one attached hydrogen (secondary N) is 1. The van der Waals surface area contributed by atoms with E-state index in [0.29, 0.717) is 5.75 Å². The summed E-state index contributed by atoms with van der Waals surface area (Å²) in [6.45, 7) is -0.161. The van der Waals surface area contributed by atoms with Crippen LogP contribution in [-0.2, 0) is 4.79 Å². The van der Waals surface area contributed by atoms with Gasteiger partial charge < -0.3 is 14.4 Å². The lowest BCUT2D eigenvalue weighted by molar-refractivity contribution is -0.123. The van der Waals surface area contributed by atoms with Gasteiger partial charge in [0.05, 0.1) is 17.5 Å². The molecule has 1 heterocycles. The largest absolute Gasteiger partial charge is 0.484 e. The van der Waals surface area contributed by atoms with E-state index < -0.39 is 5.97 Å². The molecule has 0 saturated carbocycles. The van der Waals surface area contributed by atoms with Gasteiger partial charge in [-0.1, -0.05) is 22.0 Å². The molecule has 2 aromatic carbocycles. The van der Waals surface area contributed by atoms with Crippen LogP contribution in [0.3, 0.4) is 0 Å². The SMILES string of the molecule is O=C(COc1cccc(Br)c1)N/N=C/c1cccn1-c1ccc(C(=O)O)cc1. The second-order valence-corrected chi connectivity index (χ2v) is 6.61. The van der Waals surface area contributed by atoms with Crippen molar-refractivity contribution in [1.82, 2.24) is 9.99 Å². The number of carboxylic acid groups (broad SMARTS) is 1. The molecule has 7 nitrogen and oxygen atoms in total. The van der Waals surface area contributed by atoms with Crippen LogP contribution in [0.15, 0.2) is 76.4 Å². The van der Waals surface area contributed by atoms with Crippen LogP contribution in [0.2, 0.25) is 0 Å². The molecule has 1 amide bonds. The Labute approximate surface area is 169 Å². The third kappa shape index (κ3) is 5.08. The first-order valence-electron chi connectivity index (χ1n) is 8.24. The first kappa shape index (κ1) is 19.4. The van der Waals surface area contributed by atoms with Gasteiger partial charge >= 0.3 is 5.97 Å². The number of halogens is 1. The number of carbonyl (C=O) groups excluding carboxylic acids is 1. The van der Waals surface area contributed by atoms with E-state index in [9.17, 15) is 9.59 Å². The molecule has 0 bridgehead atoms. The van der Waals surface area contributed by atoms with Gasteiger partial charge in [-0.3, -0.25) is 4.79 Å². The second-order valence-electron chi connectivity index (χ2n) is 5.69. The molecule has 28 heavy (non-hydrogen) atoms. The fourth-order valence-corrected chi connectivity index (χ4v) is 2.79. The molecule has 3 aromatic rings. The zero-order chi connectivity index (χ0) is 19.9. The number of aromatic carboxylic acids is 1.